The van der Waals surface area contributed by atoms with Crippen LogP contribution >= 0.6 is 0 Å². The van der Waals surface area contributed by atoms with Gasteiger partial charge in [-0.05, 0) is 31.2 Å². The van der Waals surface area contributed by atoms with Crippen LogP contribution in [0.15, 0.2) is 0 Å². The van der Waals surface area contributed by atoms with Crippen molar-refractivity contribution in [3.63, 3.8) is 0 Å². The van der Waals surface area contributed by atoms with E-state index in [0.29, 0.717) is 11.8 Å². The third-order valence-corrected chi connectivity index (χ3v) is 5.81. The van der Waals surface area contributed by atoms with E-state index in [1.807, 2.05) is 0 Å². The van der Waals surface area contributed by atoms with Gasteiger partial charge >= 0.3 is 11.9 Å². The number of hydrogen-bond donors (Lipinski definition) is 3. The molecule has 6 nitrogen and oxygen atoms in total. The number of carbonyl (C=O) groups is 3. The smallest absolute Gasteiger partial charge is 0.328 e. The molecule has 0 amide bonds. The van der Waals surface area contributed by atoms with Crippen LogP contribution in [0, 0.1) is 10.8 Å². The SMILES string of the molecule is CC(C)(C)CCCCCCCCCCCCCCC(=O)C(CCN)(C(=O)O)C(=O)O. The highest BCUT2D eigenvalue weighted by molar-refractivity contribution is 6.19. The minimum absolute atomic E-state index is 0.0200. The molecule has 0 atom stereocenters. The Balaban J connectivity index is 3.75. The summed E-state index contributed by atoms with van der Waals surface area (Å²) in [4.78, 5) is 35.1. The second kappa shape index (κ2) is 15.4. The van der Waals surface area contributed by atoms with Gasteiger partial charge in [0, 0.05) is 6.42 Å². The Kier molecular flexibility index (Phi) is 14.7. The molecule has 0 radical (unpaired) electrons. The molecule has 0 aromatic carbocycles. The second-order valence-corrected chi connectivity index (χ2v) is 9.78. The standard InChI is InChI=1S/C24H45NO5/c1-23(2,3)17-15-13-11-9-7-5-4-6-8-10-12-14-16-20(26)24(18-19-25,21(27)28)22(29)30/h4-19,25H2,1-3H3,(H,27,28)(H,29,30). The number of nitrogens with two attached hydrogens (primary N) is 1. The van der Waals surface area contributed by atoms with Crippen molar-refractivity contribution in [3.05, 3.63) is 0 Å². The van der Waals surface area contributed by atoms with Crippen molar-refractivity contribution in [2.45, 2.75) is 117 Å². The van der Waals surface area contributed by atoms with Gasteiger partial charge in [-0.25, -0.2) is 0 Å². The summed E-state index contributed by atoms with van der Waals surface area (Å²) in [6.07, 6.45) is 14.7. The Bertz CT molecular complexity index is 496. The molecule has 0 spiro atoms. The first kappa shape index (κ1) is 28.6. The average Bonchev–Trinajstić information content (AvgIpc) is 2.64. The highest BCUT2D eigenvalue weighted by Crippen LogP contribution is 2.27. The van der Waals surface area contributed by atoms with Crippen molar-refractivity contribution in [1.82, 2.24) is 0 Å². The largest absolute Gasteiger partial charge is 0.480 e. The molecule has 176 valence electrons. The molecule has 0 heterocycles. The molecule has 6 heteroatoms. The van der Waals surface area contributed by atoms with Crippen LogP contribution in [0.3, 0.4) is 0 Å². The van der Waals surface area contributed by atoms with E-state index >= 15 is 0 Å². The predicted octanol–water partition coefficient (Wildman–Crippen LogP) is 5.57. The first-order valence-corrected chi connectivity index (χ1v) is 11.8. The highest BCUT2D eigenvalue weighted by atomic mass is 16.4. The van der Waals surface area contributed by atoms with E-state index in [1.54, 1.807) is 0 Å². The van der Waals surface area contributed by atoms with E-state index in [1.165, 1.54) is 57.8 Å². The van der Waals surface area contributed by atoms with Crippen molar-refractivity contribution >= 4 is 17.7 Å². The molecule has 0 bridgehead atoms. The average molecular weight is 428 g/mol. The molecule has 0 saturated heterocycles. The molecule has 30 heavy (non-hydrogen) atoms. The lowest BCUT2D eigenvalue weighted by Crippen LogP contribution is -2.47. The molecule has 0 aromatic rings. The van der Waals surface area contributed by atoms with Crippen LogP contribution in [0.25, 0.3) is 0 Å². The van der Waals surface area contributed by atoms with Crippen LogP contribution in [0.5, 0.6) is 0 Å². The van der Waals surface area contributed by atoms with Gasteiger partial charge in [-0.3, -0.25) is 14.4 Å². The Labute approximate surface area is 183 Å². The topological polar surface area (TPSA) is 118 Å². The minimum atomic E-state index is -2.39. The van der Waals surface area contributed by atoms with Gasteiger partial charge in [0.1, 0.15) is 0 Å². The monoisotopic (exact) mass is 427 g/mol. The first-order valence-electron chi connectivity index (χ1n) is 11.8. The lowest BCUT2D eigenvalue weighted by Gasteiger charge is -2.22. The van der Waals surface area contributed by atoms with E-state index in [-0.39, 0.29) is 19.4 Å². The maximum atomic E-state index is 12.3. The molecule has 0 aromatic heterocycles. The number of rotatable bonds is 19. The van der Waals surface area contributed by atoms with Crippen LogP contribution in [0.1, 0.15) is 117 Å². The van der Waals surface area contributed by atoms with Crippen molar-refractivity contribution in [1.29, 1.82) is 0 Å². The Morgan fingerprint density at radius 2 is 1.00 bits per heavy atom. The van der Waals surface area contributed by atoms with Gasteiger partial charge in [0.15, 0.2) is 5.78 Å². The van der Waals surface area contributed by atoms with Crippen LogP contribution in [-0.2, 0) is 14.4 Å². The molecule has 0 fully saturated rings. The van der Waals surface area contributed by atoms with E-state index in [2.05, 4.69) is 20.8 Å². The van der Waals surface area contributed by atoms with E-state index in [4.69, 9.17) is 5.73 Å². The third kappa shape index (κ3) is 11.7. The van der Waals surface area contributed by atoms with Crippen LogP contribution < -0.4 is 5.73 Å². The van der Waals surface area contributed by atoms with Gasteiger partial charge in [-0.2, -0.15) is 0 Å². The van der Waals surface area contributed by atoms with Crippen molar-refractivity contribution in [3.8, 4) is 0 Å². The Morgan fingerprint density at radius 3 is 1.33 bits per heavy atom. The molecule has 0 rings (SSSR count). The molecule has 0 saturated carbocycles. The van der Waals surface area contributed by atoms with Crippen LogP contribution in [0.4, 0.5) is 0 Å². The van der Waals surface area contributed by atoms with Crippen molar-refractivity contribution < 1.29 is 24.6 Å². The fourth-order valence-corrected chi connectivity index (χ4v) is 3.82. The van der Waals surface area contributed by atoms with Gasteiger partial charge < -0.3 is 15.9 Å². The number of aliphatic carboxylic acids is 2. The summed E-state index contributed by atoms with van der Waals surface area (Å²) in [7, 11) is 0. The zero-order chi connectivity index (χ0) is 23.0. The van der Waals surface area contributed by atoms with Gasteiger partial charge in [-0.1, -0.05) is 91.4 Å². The maximum absolute atomic E-state index is 12.3. The third-order valence-electron chi connectivity index (χ3n) is 5.81. The Hall–Kier alpha value is -1.43. The molecular formula is C24H45NO5. The summed E-state index contributed by atoms with van der Waals surface area (Å²) in [5.41, 5.74) is 3.40. The highest BCUT2D eigenvalue weighted by Gasteiger charge is 2.52. The summed E-state index contributed by atoms with van der Waals surface area (Å²) in [5, 5.41) is 18.5. The number of hydrogen-bond acceptors (Lipinski definition) is 4. The van der Waals surface area contributed by atoms with E-state index in [9.17, 15) is 24.6 Å². The summed E-state index contributed by atoms with van der Waals surface area (Å²) in [6.45, 7) is 6.74. The quantitative estimate of drug-likeness (QED) is 0.183. The fourth-order valence-electron chi connectivity index (χ4n) is 3.82. The zero-order valence-corrected chi connectivity index (χ0v) is 19.5. The molecule has 0 unspecified atom stereocenters. The first-order chi connectivity index (χ1) is 14.1. The van der Waals surface area contributed by atoms with Gasteiger partial charge in [0.2, 0.25) is 5.41 Å². The predicted molar refractivity (Wildman–Crippen MR) is 120 cm³/mol. The molecule has 0 aliphatic rings. The van der Waals surface area contributed by atoms with E-state index < -0.39 is 23.1 Å². The summed E-state index contributed by atoms with van der Waals surface area (Å²) in [6, 6.07) is 0. The fraction of sp³-hybridized carbons (Fsp3) is 0.875. The van der Waals surface area contributed by atoms with Gasteiger partial charge in [0.05, 0.1) is 0 Å². The van der Waals surface area contributed by atoms with Crippen molar-refractivity contribution in [2.75, 3.05) is 6.54 Å². The molecule has 0 aliphatic heterocycles. The lowest BCUT2D eigenvalue weighted by molar-refractivity contribution is -0.168. The normalized spacial score (nSPS) is 12.1. The summed E-state index contributed by atoms with van der Waals surface area (Å²) in [5.74, 6) is -3.96. The number of carboxylic acids is 2. The van der Waals surface area contributed by atoms with Crippen LogP contribution in [-0.4, -0.2) is 34.5 Å². The number of Topliss-reactive ketones (excluding diaryl/α,β-unsaturated/α-hetero) is 1. The molecule has 4 N–H and O–H groups in total. The minimum Gasteiger partial charge on any atom is -0.480 e. The van der Waals surface area contributed by atoms with Gasteiger partial charge in [0.25, 0.3) is 0 Å². The molecule has 0 aliphatic carbocycles. The number of carbonyl (C=O) groups excluding carboxylic acids is 1. The van der Waals surface area contributed by atoms with E-state index in [0.717, 1.165) is 19.3 Å². The zero-order valence-electron chi connectivity index (χ0n) is 19.5. The van der Waals surface area contributed by atoms with Crippen LogP contribution in [0.2, 0.25) is 0 Å². The summed E-state index contributed by atoms with van der Waals surface area (Å²) < 4.78 is 0. The molecular weight excluding hydrogens is 382 g/mol. The number of ketones is 1. The van der Waals surface area contributed by atoms with Crippen molar-refractivity contribution in [2.24, 2.45) is 16.6 Å². The Morgan fingerprint density at radius 1 is 0.633 bits per heavy atom. The lowest BCUT2D eigenvalue weighted by atomic mass is 9.78. The number of carboxylic acid groups (broad SMARTS) is 2. The number of unbranched alkanes of at least 4 members (excludes halogenated alkanes) is 11. The van der Waals surface area contributed by atoms with Gasteiger partial charge in [-0.15, -0.1) is 0 Å². The summed E-state index contributed by atoms with van der Waals surface area (Å²) >= 11 is 0. The second-order valence-electron chi connectivity index (χ2n) is 9.78. The maximum Gasteiger partial charge on any atom is 0.328 e.